The molecule has 0 saturated carbocycles. The van der Waals surface area contributed by atoms with Gasteiger partial charge in [-0.05, 0) is 50.6 Å². The number of hydrogen-bond donors (Lipinski definition) is 1. The fraction of sp³-hybridized carbons (Fsp3) is 0.469. The SMILES string of the molecule is COc1cc2c(N3CCN(NC(=O)c4ccc(OC(C)C)cc4)CC3)c(C#N)cnc2cc1OCCCN1CCOCC1. The summed E-state index contributed by atoms with van der Waals surface area (Å²) in [7, 11) is 1.62. The molecule has 0 aliphatic carbocycles. The third kappa shape index (κ3) is 7.65. The molecule has 3 aromatic rings. The molecular formula is C32H40N6O5. The van der Waals surface area contributed by atoms with Crippen LogP contribution in [0.4, 0.5) is 5.69 Å². The van der Waals surface area contributed by atoms with Crippen molar-refractivity contribution in [2.45, 2.75) is 26.4 Å². The number of pyridine rings is 1. The zero-order chi connectivity index (χ0) is 30.2. The highest BCUT2D eigenvalue weighted by Crippen LogP contribution is 2.38. The predicted molar refractivity (Wildman–Crippen MR) is 164 cm³/mol. The first-order chi connectivity index (χ1) is 20.9. The Morgan fingerprint density at radius 2 is 1.81 bits per heavy atom. The molecular weight excluding hydrogens is 548 g/mol. The van der Waals surface area contributed by atoms with E-state index in [2.05, 4.69) is 26.3 Å². The lowest BCUT2D eigenvalue weighted by atomic mass is 10.1. The maximum absolute atomic E-state index is 12.9. The lowest BCUT2D eigenvalue weighted by Crippen LogP contribution is -2.53. The highest BCUT2D eigenvalue weighted by atomic mass is 16.5. The number of hydrogen-bond acceptors (Lipinski definition) is 10. The van der Waals surface area contributed by atoms with Crippen LogP contribution in [-0.2, 0) is 4.74 Å². The number of nitrogens with one attached hydrogen (secondary N) is 1. The fourth-order valence-electron chi connectivity index (χ4n) is 5.38. The summed E-state index contributed by atoms with van der Waals surface area (Å²) in [6.07, 6.45) is 2.58. The Balaban J connectivity index is 1.23. The van der Waals surface area contributed by atoms with Crippen LogP contribution in [0.25, 0.3) is 10.9 Å². The summed E-state index contributed by atoms with van der Waals surface area (Å²) in [6.45, 7) is 11.4. The second kappa shape index (κ2) is 14.4. The number of nitrogens with zero attached hydrogens (tertiary/aromatic N) is 5. The number of hydrazine groups is 1. The van der Waals surface area contributed by atoms with Gasteiger partial charge in [0.25, 0.3) is 5.91 Å². The van der Waals surface area contributed by atoms with Gasteiger partial charge in [-0.1, -0.05) is 0 Å². The molecule has 3 heterocycles. The number of carbonyl (C=O) groups is 1. The van der Waals surface area contributed by atoms with E-state index in [-0.39, 0.29) is 12.0 Å². The molecule has 2 fully saturated rings. The first-order valence-electron chi connectivity index (χ1n) is 14.9. The molecule has 1 amide bonds. The number of piperazine rings is 1. The summed E-state index contributed by atoms with van der Waals surface area (Å²) in [6, 6.07) is 13.3. The molecule has 2 aromatic carbocycles. The van der Waals surface area contributed by atoms with Gasteiger partial charge in [0, 0.05) is 69.0 Å². The van der Waals surface area contributed by atoms with Crippen LogP contribution in [0.2, 0.25) is 0 Å². The number of rotatable bonds is 11. The molecule has 11 nitrogen and oxygen atoms in total. The topological polar surface area (TPSA) is 112 Å². The molecule has 43 heavy (non-hydrogen) atoms. The molecule has 5 rings (SSSR count). The number of amides is 1. The van der Waals surface area contributed by atoms with Gasteiger partial charge in [-0.3, -0.25) is 20.1 Å². The lowest BCUT2D eigenvalue weighted by Gasteiger charge is -2.36. The van der Waals surface area contributed by atoms with Crippen molar-refractivity contribution in [1.29, 1.82) is 5.26 Å². The van der Waals surface area contributed by atoms with E-state index in [1.165, 1.54) is 0 Å². The zero-order valence-electron chi connectivity index (χ0n) is 25.2. The molecule has 0 atom stereocenters. The molecule has 0 spiro atoms. The Labute approximate surface area is 252 Å². The molecule has 0 radical (unpaired) electrons. The molecule has 0 unspecified atom stereocenters. The smallest absolute Gasteiger partial charge is 0.265 e. The first kappa shape index (κ1) is 30.4. The Morgan fingerprint density at radius 3 is 2.49 bits per heavy atom. The maximum Gasteiger partial charge on any atom is 0.265 e. The summed E-state index contributed by atoms with van der Waals surface area (Å²) < 4.78 is 22.9. The number of benzene rings is 2. The number of nitriles is 1. The maximum atomic E-state index is 12.9. The summed E-state index contributed by atoms with van der Waals surface area (Å²) in [5, 5.41) is 12.7. The van der Waals surface area contributed by atoms with E-state index in [1.54, 1.807) is 37.6 Å². The minimum atomic E-state index is -0.168. The third-order valence-electron chi connectivity index (χ3n) is 7.57. The standard InChI is InChI=1S/C32H40N6O5/c1-23(2)43-26-7-5-24(6-8-26)32(39)35-38-12-10-37(11-13-38)31-25(21-33)22-34-28-20-30(29(40-3)19-27(28)31)42-16-4-9-36-14-17-41-18-15-36/h5-8,19-20,22-23H,4,9-18H2,1-3H3,(H,35,39). The van der Waals surface area contributed by atoms with E-state index in [0.717, 1.165) is 61.6 Å². The zero-order valence-corrected chi connectivity index (χ0v) is 25.2. The largest absolute Gasteiger partial charge is 0.493 e. The molecule has 1 aromatic heterocycles. The first-order valence-corrected chi connectivity index (χ1v) is 14.9. The van der Waals surface area contributed by atoms with Crippen LogP contribution < -0.4 is 24.5 Å². The minimum absolute atomic E-state index is 0.0715. The Kier molecular flexibility index (Phi) is 10.1. The van der Waals surface area contributed by atoms with Crippen molar-refractivity contribution in [3.8, 4) is 23.3 Å². The quantitative estimate of drug-likeness (QED) is 0.334. The van der Waals surface area contributed by atoms with Crippen LogP contribution in [0.5, 0.6) is 17.2 Å². The second-order valence-electron chi connectivity index (χ2n) is 10.9. The molecule has 0 bridgehead atoms. The number of aromatic nitrogens is 1. The van der Waals surface area contributed by atoms with E-state index in [4.69, 9.17) is 18.9 Å². The van der Waals surface area contributed by atoms with Crippen molar-refractivity contribution in [1.82, 2.24) is 20.3 Å². The van der Waals surface area contributed by atoms with Gasteiger partial charge in [0.2, 0.25) is 0 Å². The third-order valence-corrected chi connectivity index (χ3v) is 7.57. The van der Waals surface area contributed by atoms with Crippen molar-refractivity contribution in [3.63, 3.8) is 0 Å². The predicted octanol–water partition coefficient (Wildman–Crippen LogP) is 3.47. The Morgan fingerprint density at radius 1 is 1.07 bits per heavy atom. The van der Waals surface area contributed by atoms with Gasteiger partial charge in [0.1, 0.15) is 11.8 Å². The lowest BCUT2D eigenvalue weighted by molar-refractivity contribution is 0.0357. The Bertz CT molecular complexity index is 1430. The molecule has 1 N–H and O–H groups in total. The molecule has 2 saturated heterocycles. The summed E-state index contributed by atoms with van der Waals surface area (Å²) in [4.78, 5) is 22.0. The van der Waals surface area contributed by atoms with Crippen molar-refractivity contribution < 1.29 is 23.7 Å². The average Bonchev–Trinajstić information content (AvgIpc) is 3.03. The van der Waals surface area contributed by atoms with Gasteiger partial charge >= 0.3 is 0 Å². The molecule has 11 heteroatoms. The van der Waals surface area contributed by atoms with Crippen LogP contribution in [0.15, 0.2) is 42.6 Å². The number of methoxy groups -OCH3 is 1. The van der Waals surface area contributed by atoms with Crippen molar-refractivity contribution in [2.75, 3.05) is 77.6 Å². The summed E-state index contributed by atoms with van der Waals surface area (Å²) >= 11 is 0. The van der Waals surface area contributed by atoms with Gasteiger partial charge in [-0.15, -0.1) is 0 Å². The van der Waals surface area contributed by atoms with Crippen molar-refractivity contribution in [3.05, 3.63) is 53.7 Å². The highest BCUT2D eigenvalue weighted by Gasteiger charge is 2.24. The number of morpholine rings is 1. The van der Waals surface area contributed by atoms with Crippen LogP contribution in [0.1, 0.15) is 36.2 Å². The average molecular weight is 589 g/mol. The number of ether oxygens (including phenoxy) is 4. The van der Waals surface area contributed by atoms with Crippen LogP contribution in [0.3, 0.4) is 0 Å². The van der Waals surface area contributed by atoms with Gasteiger partial charge in [-0.2, -0.15) is 5.26 Å². The van der Waals surface area contributed by atoms with Crippen LogP contribution in [-0.4, -0.2) is 99.6 Å². The molecule has 228 valence electrons. The molecule has 2 aliphatic rings. The van der Waals surface area contributed by atoms with E-state index in [1.807, 2.05) is 31.0 Å². The van der Waals surface area contributed by atoms with Crippen molar-refractivity contribution in [2.24, 2.45) is 0 Å². The highest BCUT2D eigenvalue weighted by molar-refractivity contribution is 5.97. The molecule has 2 aliphatic heterocycles. The summed E-state index contributed by atoms with van der Waals surface area (Å²) in [5.41, 5.74) is 5.62. The fourth-order valence-corrected chi connectivity index (χ4v) is 5.38. The van der Waals surface area contributed by atoms with Crippen molar-refractivity contribution >= 4 is 22.5 Å². The normalized spacial score (nSPS) is 16.2. The number of anilines is 1. The van der Waals surface area contributed by atoms with E-state index in [9.17, 15) is 10.1 Å². The van der Waals surface area contributed by atoms with E-state index >= 15 is 0 Å². The second-order valence-corrected chi connectivity index (χ2v) is 10.9. The van der Waals surface area contributed by atoms with Gasteiger partial charge < -0.3 is 23.8 Å². The van der Waals surface area contributed by atoms with Crippen LogP contribution in [0, 0.1) is 11.3 Å². The monoisotopic (exact) mass is 588 g/mol. The van der Waals surface area contributed by atoms with E-state index < -0.39 is 0 Å². The Hall–Kier alpha value is -4.11. The van der Waals surface area contributed by atoms with Crippen LogP contribution >= 0.6 is 0 Å². The summed E-state index contributed by atoms with van der Waals surface area (Å²) in [5.74, 6) is 1.81. The number of carbonyl (C=O) groups excluding carboxylic acids is 1. The minimum Gasteiger partial charge on any atom is -0.493 e. The van der Waals surface area contributed by atoms with Gasteiger partial charge in [0.05, 0.1) is 49.8 Å². The van der Waals surface area contributed by atoms with E-state index in [0.29, 0.717) is 55.4 Å². The number of fused-ring (bicyclic) bond motifs is 1. The van der Waals surface area contributed by atoms with Gasteiger partial charge in [-0.25, -0.2) is 5.01 Å². The van der Waals surface area contributed by atoms with Gasteiger partial charge in [0.15, 0.2) is 11.5 Å².